The normalized spacial score (nSPS) is 17.7. The summed E-state index contributed by atoms with van der Waals surface area (Å²) in [7, 11) is 0. The molecule has 1 N–H and O–H groups in total. The van der Waals surface area contributed by atoms with E-state index in [0.29, 0.717) is 16.3 Å². The summed E-state index contributed by atoms with van der Waals surface area (Å²) in [5.74, 6) is -1.09. The summed E-state index contributed by atoms with van der Waals surface area (Å²) in [5, 5.41) is 17.8. The van der Waals surface area contributed by atoms with Crippen LogP contribution in [0, 0.1) is 16.7 Å². The lowest BCUT2D eigenvalue weighted by Crippen LogP contribution is -2.41. The number of ether oxygens (including phenoxy) is 1. The van der Waals surface area contributed by atoms with Gasteiger partial charge in [-0.25, -0.2) is 0 Å². The molecule has 2 aromatic rings. The van der Waals surface area contributed by atoms with E-state index in [2.05, 4.69) is 10.4 Å². The zero-order chi connectivity index (χ0) is 25.1. The van der Waals surface area contributed by atoms with E-state index in [4.69, 9.17) is 21.6 Å². The number of hydrogen-bond donors (Lipinski definition) is 1. The van der Waals surface area contributed by atoms with E-state index in [9.17, 15) is 22.8 Å². The molecular formula is C23H20ClF3N4O3. The molecule has 1 aliphatic rings. The quantitative estimate of drug-likeness (QED) is 0.601. The predicted molar refractivity (Wildman–Crippen MR) is 119 cm³/mol. The second-order valence-corrected chi connectivity index (χ2v) is 8.19. The number of benzene rings is 2. The number of carbonyl (C=O) groups excluding carboxylic acids is 2. The Labute approximate surface area is 198 Å². The highest BCUT2D eigenvalue weighted by atomic mass is 35.5. The van der Waals surface area contributed by atoms with Crippen LogP contribution in [0.2, 0.25) is 5.02 Å². The van der Waals surface area contributed by atoms with Crippen molar-refractivity contribution in [2.45, 2.75) is 20.0 Å². The fourth-order valence-electron chi connectivity index (χ4n) is 3.58. The highest BCUT2D eigenvalue weighted by molar-refractivity contribution is 6.30. The Morgan fingerprint density at radius 2 is 1.94 bits per heavy atom. The second kappa shape index (κ2) is 9.73. The molecule has 1 amide bonds. The van der Waals surface area contributed by atoms with E-state index in [0.717, 1.165) is 18.2 Å². The fraction of sp³-hybridized carbons (Fsp3) is 0.304. The molecule has 0 saturated heterocycles. The number of carbonyl (C=O) groups is 2. The Hall–Kier alpha value is -3.58. The molecular weight excluding hydrogens is 473 g/mol. The molecule has 34 heavy (non-hydrogen) atoms. The van der Waals surface area contributed by atoms with E-state index in [1.165, 1.54) is 11.1 Å². The maximum absolute atomic E-state index is 13.0. The number of nitriles is 1. The summed E-state index contributed by atoms with van der Waals surface area (Å²) in [6, 6.07) is 10.9. The number of hydrogen-bond acceptors (Lipinski definition) is 6. The van der Waals surface area contributed by atoms with Crippen molar-refractivity contribution in [2.75, 3.05) is 25.0 Å². The largest absolute Gasteiger partial charge is 0.465 e. The minimum Gasteiger partial charge on any atom is -0.465 e. The van der Waals surface area contributed by atoms with Crippen molar-refractivity contribution >= 4 is 34.9 Å². The van der Waals surface area contributed by atoms with Crippen LogP contribution in [-0.4, -0.2) is 42.3 Å². The average molecular weight is 493 g/mol. The molecule has 1 atom stereocenters. The number of halogens is 4. The first-order valence-electron chi connectivity index (χ1n) is 10.2. The van der Waals surface area contributed by atoms with Gasteiger partial charge in [0.25, 0.3) is 0 Å². The van der Waals surface area contributed by atoms with Crippen molar-refractivity contribution < 1.29 is 27.5 Å². The predicted octanol–water partition coefficient (Wildman–Crippen LogP) is 4.46. The summed E-state index contributed by atoms with van der Waals surface area (Å²) in [6.45, 7) is 3.27. The molecule has 11 heteroatoms. The van der Waals surface area contributed by atoms with Crippen LogP contribution in [0.1, 0.15) is 30.5 Å². The average Bonchev–Trinajstić information content (AvgIpc) is 3.10. The van der Waals surface area contributed by atoms with Crippen LogP contribution >= 0.6 is 11.6 Å². The van der Waals surface area contributed by atoms with Crippen LogP contribution in [-0.2, 0) is 20.5 Å². The third-order valence-electron chi connectivity index (χ3n) is 5.16. The molecule has 3 rings (SSSR count). The van der Waals surface area contributed by atoms with E-state index >= 15 is 0 Å². The third-order valence-corrected chi connectivity index (χ3v) is 5.41. The molecule has 0 bridgehead atoms. The van der Waals surface area contributed by atoms with Gasteiger partial charge < -0.3 is 10.1 Å². The third kappa shape index (κ3) is 5.31. The van der Waals surface area contributed by atoms with Gasteiger partial charge in [0.05, 0.1) is 36.1 Å². The van der Waals surface area contributed by atoms with Crippen LogP contribution in [0.4, 0.5) is 18.9 Å². The van der Waals surface area contributed by atoms with Crippen LogP contribution < -0.4 is 5.32 Å². The van der Waals surface area contributed by atoms with Gasteiger partial charge in [-0.05, 0) is 49.7 Å². The lowest BCUT2D eigenvalue weighted by Gasteiger charge is -2.24. The van der Waals surface area contributed by atoms with Gasteiger partial charge in [0.2, 0.25) is 5.91 Å². The van der Waals surface area contributed by atoms with Crippen LogP contribution in [0.3, 0.4) is 0 Å². The zero-order valence-corrected chi connectivity index (χ0v) is 19.0. The molecule has 0 fully saturated rings. The molecule has 0 aliphatic carbocycles. The standard InChI is InChI=1S/C23H20ClF3N4O3/c1-3-34-21(33)22(2)13-31(30-20(22)14-4-6-16(24)7-5-14)12-19(32)29-17-8-9-18(23(25,26)27)15(10-17)11-28/h4-10H,3,12-13H2,1-2H3,(H,29,32). The van der Waals surface area contributed by atoms with Crippen molar-refractivity contribution in [1.29, 1.82) is 5.26 Å². The lowest BCUT2D eigenvalue weighted by atomic mass is 9.82. The number of hydrazone groups is 1. The number of esters is 1. The Morgan fingerprint density at radius 3 is 2.53 bits per heavy atom. The molecule has 0 saturated carbocycles. The Morgan fingerprint density at radius 1 is 1.26 bits per heavy atom. The van der Waals surface area contributed by atoms with Crippen molar-refractivity contribution in [3.63, 3.8) is 0 Å². The zero-order valence-electron chi connectivity index (χ0n) is 18.2. The van der Waals surface area contributed by atoms with E-state index in [1.54, 1.807) is 38.1 Å². The van der Waals surface area contributed by atoms with Gasteiger partial charge in [0.15, 0.2) is 0 Å². The monoisotopic (exact) mass is 492 g/mol. The summed E-state index contributed by atoms with van der Waals surface area (Å²) >= 11 is 5.96. The molecule has 2 aromatic carbocycles. The van der Waals surface area contributed by atoms with Gasteiger partial charge in [0.1, 0.15) is 12.0 Å². The number of anilines is 1. The minimum atomic E-state index is -4.69. The Bertz CT molecular complexity index is 1180. The minimum absolute atomic E-state index is 0.0313. The summed E-state index contributed by atoms with van der Waals surface area (Å²) in [6.07, 6.45) is -4.69. The molecule has 0 radical (unpaired) electrons. The molecule has 1 aliphatic heterocycles. The van der Waals surface area contributed by atoms with Crippen molar-refractivity contribution in [1.82, 2.24) is 5.01 Å². The van der Waals surface area contributed by atoms with Gasteiger partial charge in [0, 0.05) is 10.7 Å². The first-order valence-corrected chi connectivity index (χ1v) is 10.5. The first kappa shape index (κ1) is 25.1. The van der Waals surface area contributed by atoms with Gasteiger partial charge in [-0.3, -0.25) is 14.6 Å². The fourth-order valence-corrected chi connectivity index (χ4v) is 3.71. The molecule has 178 valence electrons. The lowest BCUT2D eigenvalue weighted by molar-refractivity contribution is -0.150. The van der Waals surface area contributed by atoms with Crippen LogP contribution in [0.15, 0.2) is 47.6 Å². The van der Waals surface area contributed by atoms with Crippen molar-refractivity contribution in [3.8, 4) is 6.07 Å². The summed E-state index contributed by atoms with van der Waals surface area (Å²) in [5.41, 5.74) is -1.80. The van der Waals surface area contributed by atoms with E-state index in [1.807, 2.05) is 0 Å². The van der Waals surface area contributed by atoms with Crippen LogP contribution in [0.5, 0.6) is 0 Å². The molecule has 7 nitrogen and oxygen atoms in total. The van der Waals surface area contributed by atoms with Gasteiger partial charge in [-0.2, -0.15) is 23.5 Å². The molecule has 1 heterocycles. The number of amides is 1. The highest BCUT2D eigenvalue weighted by Crippen LogP contribution is 2.34. The van der Waals surface area contributed by atoms with Crippen molar-refractivity contribution in [3.05, 3.63) is 64.2 Å². The second-order valence-electron chi connectivity index (χ2n) is 7.75. The first-order chi connectivity index (χ1) is 16.0. The Kier molecular flexibility index (Phi) is 7.17. The maximum Gasteiger partial charge on any atom is 0.417 e. The Balaban J connectivity index is 1.81. The van der Waals surface area contributed by atoms with Gasteiger partial charge >= 0.3 is 12.1 Å². The van der Waals surface area contributed by atoms with Crippen LogP contribution in [0.25, 0.3) is 0 Å². The summed E-state index contributed by atoms with van der Waals surface area (Å²) < 4.78 is 44.2. The number of nitrogens with zero attached hydrogens (tertiary/aromatic N) is 3. The topological polar surface area (TPSA) is 94.8 Å². The number of nitrogens with one attached hydrogen (secondary N) is 1. The number of rotatable bonds is 6. The molecule has 1 unspecified atom stereocenters. The SMILES string of the molecule is CCOC(=O)C1(C)CN(CC(=O)Nc2ccc(C(F)(F)F)c(C#N)c2)N=C1c1ccc(Cl)cc1. The van der Waals surface area contributed by atoms with Gasteiger partial charge in [-0.1, -0.05) is 23.7 Å². The number of alkyl halides is 3. The molecule has 0 aromatic heterocycles. The maximum atomic E-state index is 13.0. The summed E-state index contributed by atoms with van der Waals surface area (Å²) in [4.78, 5) is 25.3. The van der Waals surface area contributed by atoms with E-state index < -0.39 is 34.6 Å². The smallest absolute Gasteiger partial charge is 0.417 e. The van der Waals surface area contributed by atoms with Crippen molar-refractivity contribution in [2.24, 2.45) is 10.5 Å². The highest BCUT2D eigenvalue weighted by Gasteiger charge is 2.47. The molecule has 0 spiro atoms. The van der Waals surface area contributed by atoms with Gasteiger partial charge in [-0.15, -0.1) is 0 Å². The van der Waals surface area contributed by atoms with E-state index in [-0.39, 0.29) is 25.4 Å².